The highest BCUT2D eigenvalue weighted by molar-refractivity contribution is 7.98. The molecule has 3 rings (SSSR count). The minimum absolute atomic E-state index is 0.0129. The summed E-state index contributed by atoms with van der Waals surface area (Å²) in [7, 11) is 0. The molecule has 1 amide bonds. The molecular weight excluding hydrogens is 354 g/mol. The van der Waals surface area contributed by atoms with Crippen molar-refractivity contribution in [2.24, 2.45) is 0 Å². The van der Waals surface area contributed by atoms with Crippen molar-refractivity contribution in [1.29, 1.82) is 0 Å². The molecule has 0 aliphatic carbocycles. The molecule has 1 aromatic carbocycles. The lowest BCUT2D eigenvalue weighted by Gasteiger charge is -2.33. The lowest BCUT2D eigenvalue weighted by atomic mass is 10.1. The van der Waals surface area contributed by atoms with E-state index in [4.69, 9.17) is 4.74 Å². The fourth-order valence-electron chi connectivity index (χ4n) is 3.19. The molecule has 0 radical (unpaired) electrons. The highest BCUT2D eigenvalue weighted by atomic mass is 32.2. The molecule has 1 saturated heterocycles. The number of aromatic amines is 1. The van der Waals surface area contributed by atoms with Gasteiger partial charge in [0.1, 0.15) is 5.75 Å². The van der Waals surface area contributed by atoms with Gasteiger partial charge in [-0.3, -0.25) is 14.3 Å². The van der Waals surface area contributed by atoms with Gasteiger partial charge in [0.25, 0.3) is 5.91 Å². The molecule has 1 aromatic heterocycles. The molecule has 0 spiro atoms. The van der Waals surface area contributed by atoms with Crippen LogP contribution in [0.2, 0.25) is 0 Å². The average molecular weight is 377 g/mol. The molecule has 1 aliphatic heterocycles. The van der Waals surface area contributed by atoms with E-state index < -0.39 is 11.4 Å². The Labute approximate surface area is 156 Å². The Morgan fingerprint density at radius 3 is 2.77 bits per heavy atom. The van der Waals surface area contributed by atoms with Gasteiger partial charge < -0.3 is 9.64 Å². The van der Waals surface area contributed by atoms with Crippen molar-refractivity contribution in [1.82, 2.24) is 15.0 Å². The van der Waals surface area contributed by atoms with Crippen molar-refractivity contribution in [2.75, 3.05) is 18.6 Å². The van der Waals surface area contributed by atoms with Crippen LogP contribution >= 0.6 is 11.8 Å². The first kappa shape index (κ1) is 18.6. The second-order valence-corrected chi connectivity index (χ2v) is 7.74. The number of amides is 1. The Morgan fingerprint density at radius 2 is 2.15 bits per heavy atom. The van der Waals surface area contributed by atoms with Crippen LogP contribution in [-0.2, 0) is 4.79 Å². The SMILES string of the molecule is CSC[C@H]1CCCN1C(=O)C(C)(C)Oc1ccc(-c2noc(=O)[nH]2)cc1. The number of thioether (sulfide) groups is 1. The summed E-state index contributed by atoms with van der Waals surface area (Å²) in [5.41, 5.74) is -0.253. The van der Waals surface area contributed by atoms with Gasteiger partial charge in [-0.15, -0.1) is 0 Å². The number of nitrogens with zero attached hydrogens (tertiary/aromatic N) is 2. The lowest BCUT2D eigenvalue weighted by molar-refractivity contribution is -0.145. The van der Waals surface area contributed by atoms with Crippen molar-refractivity contribution in [3.63, 3.8) is 0 Å². The number of rotatable bonds is 6. The minimum Gasteiger partial charge on any atom is -0.478 e. The zero-order valence-electron chi connectivity index (χ0n) is 15.2. The van der Waals surface area contributed by atoms with Crippen LogP contribution in [0.15, 0.2) is 33.6 Å². The van der Waals surface area contributed by atoms with Crippen molar-refractivity contribution >= 4 is 17.7 Å². The third kappa shape index (κ3) is 3.95. The van der Waals surface area contributed by atoms with E-state index >= 15 is 0 Å². The largest absolute Gasteiger partial charge is 0.478 e. The third-order valence-corrected chi connectivity index (χ3v) is 5.17. The lowest BCUT2D eigenvalue weighted by Crippen LogP contribution is -2.51. The molecular formula is C18H23N3O4S. The van der Waals surface area contributed by atoms with E-state index in [-0.39, 0.29) is 11.9 Å². The number of carbonyl (C=O) groups excluding carboxylic acids is 1. The Balaban J connectivity index is 1.70. The zero-order valence-corrected chi connectivity index (χ0v) is 16.0. The second kappa shape index (κ2) is 7.57. The predicted molar refractivity (Wildman–Crippen MR) is 100 cm³/mol. The Morgan fingerprint density at radius 1 is 1.42 bits per heavy atom. The molecule has 26 heavy (non-hydrogen) atoms. The van der Waals surface area contributed by atoms with E-state index in [9.17, 15) is 9.59 Å². The molecule has 1 fully saturated rings. The number of carbonyl (C=O) groups is 1. The standard InChI is InChI=1S/C18H23N3O4S/c1-18(2,16(22)21-10-4-5-13(21)11-26-3)24-14-8-6-12(7-9-14)15-19-17(23)25-20-15/h6-9,13H,4-5,10-11H2,1-3H3,(H,19,20,23)/t13-/m1/s1. The van der Waals surface area contributed by atoms with Gasteiger partial charge >= 0.3 is 5.76 Å². The normalized spacial score (nSPS) is 17.5. The summed E-state index contributed by atoms with van der Waals surface area (Å²) in [6.07, 6.45) is 4.15. The highest BCUT2D eigenvalue weighted by Gasteiger charge is 2.39. The molecule has 0 bridgehead atoms. The van der Waals surface area contributed by atoms with Crippen molar-refractivity contribution in [2.45, 2.75) is 38.3 Å². The van der Waals surface area contributed by atoms with E-state index in [2.05, 4.69) is 20.9 Å². The number of nitrogens with one attached hydrogen (secondary N) is 1. The Kier molecular flexibility index (Phi) is 5.41. The van der Waals surface area contributed by atoms with Crippen LogP contribution in [0.1, 0.15) is 26.7 Å². The van der Waals surface area contributed by atoms with Gasteiger partial charge in [-0.05, 0) is 57.2 Å². The van der Waals surface area contributed by atoms with Crippen LogP contribution in [0.25, 0.3) is 11.4 Å². The number of benzene rings is 1. The second-order valence-electron chi connectivity index (χ2n) is 6.83. The van der Waals surface area contributed by atoms with Crippen LogP contribution in [0.5, 0.6) is 5.75 Å². The number of H-pyrrole nitrogens is 1. The zero-order chi connectivity index (χ0) is 18.7. The number of likely N-dealkylation sites (tertiary alicyclic amines) is 1. The maximum atomic E-state index is 13.0. The van der Waals surface area contributed by atoms with E-state index in [1.54, 1.807) is 49.9 Å². The fourth-order valence-corrected chi connectivity index (χ4v) is 3.92. The van der Waals surface area contributed by atoms with Crippen LogP contribution in [0.4, 0.5) is 0 Å². The van der Waals surface area contributed by atoms with Crippen LogP contribution < -0.4 is 10.5 Å². The van der Waals surface area contributed by atoms with E-state index in [1.807, 2.05) is 4.90 Å². The highest BCUT2D eigenvalue weighted by Crippen LogP contribution is 2.27. The van der Waals surface area contributed by atoms with Crippen molar-refractivity contribution < 1.29 is 14.1 Å². The van der Waals surface area contributed by atoms with Crippen LogP contribution in [0.3, 0.4) is 0 Å². The molecule has 1 N–H and O–H groups in total. The minimum atomic E-state index is -0.954. The summed E-state index contributed by atoms with van der Waals surface area (Å²) >= 11 is 1.76. The summed E-state index contributed by atoms with van der Waals surface area (Å²) in [5, 5.41) is 3.65. The van der Waals surface area contributed by atoms with Gasteiger partial charge in [-0.25, -0.2) is 4.79 Å². The summed E-state index contributed by atoms with van der Waals surface area (Å²) in [4.78, 5) is 28.5. The molecule has 7 nitrogen and oxygen atoms in total. The van der Waals surface area contributed by atoms with Gasteiger partial charge in [-0.2, -0.15) is 11.8 Å². The molecule has 1 atom stereocenters. The first-order chi connectivity index (χ1) is 12.4. The van der Waals surface area contributed by atoms with Gasteiger partial charge in [0, 0.05) is 23.9 Å². The predicted octanol–water partition coefficient (Wildman–Crippen LogP) is 2.54. The molecule has 2 aromatic rings. The maximum absolute atomic E-state index is 13.0. The Hall–Kier alpha value is -2.22. The molecule has 0 saturated carbocycles. The van der Waals surface area contributed by atoms with Crippen LogP contribution in [-0.4, -0.2) is 51.1 Å². The van der Waals surface area contributed by atoms with Crippen molar-refractivity contribution in [3.8, 4) is 17.1 Å². The molecule has 8 heteroatoms. The summed E-state index contributed by atoms with van der Waals surface area (Å²) in [6.45, 7) is 4.38. The fraction of sp³-hybridized carbons (Fsp3) is 0.500. The Bertz CT molecular complexity index is 812. The molecule has 0 unspecified atom stereocenters. The first-order valence-corrected chi connectivity index (χ1v) is 9.95. The summed E-state index contributed by atoms with van der Waals surface area (Å²) in [6, 6.07) is 7.31. The maximum Gasteiger partial charge on any atom is 0.439 e. The summed E-state index contributed by atoms with van der Waals surface area (Å²) < 4.78 is 10.5. The quantitative estimate of drug-likeness (QED) is 0.832. The van der Waals surface area contributed by atoms with Gasteiger partial charge in [0.15, 0.2) is 11.4 Å². The molecule has 2 heterocycles. The van der Waals surface area contributed by atoms with E-state index in [1.165, 1.54) is 0 Å². The van der Waals surface area contributed by atoms with Gasteiger partial charge in [0.2, 0.25) is 0 Å². The van der Waals surface area contributed by atoms with Crippen LogP contribution in [0, 0.1) is 0 Å². The molecule has 1 aliphatic rings. The number of hydrogen-bond acceptors (Lipinski definition) is 6. The summed E-state index contributed by atoms with van der Waals surface area (Å²) in [5.74, 6) is 1.30. The topological polar surface area (TPSA) is 88.4 Å². The third-order valence-electron chi connectivity index (χ3n) is 4.45. The average Bonchev–Trinajstić information content (AvgIpc) is 3.24. The monoisotopic (exact) mass is 377 g/mol. The number of ether oxygens (including phenoxy) is 1. The smallest absolute Gasteiger partial charge is 0.439 e. The van der Waals surface area contributed by atoms with Gasteiger partial charge in [-0.1, -0.05) is 5.16 Å². The first-order valence-electron chi connectivity index (χ1n) is 8.56. The number of aromatic nitrogens is 2. The van der Waals surface area contributed by atoms with E-state index in [0.29, 0.717) is 17.1 Å². The van der Waals surface area contributed by atoms with E-state index in [0.717, 1.165) is 25.1 Å². The molecule has 140 valence electrons. The van der Waals surface area contributed by atoms with Crippen molar-refractivity contribution in [3.05, 3.63) is 34.8 Å². The van der Waals surface area contributed by atoms with Gasteiger partial charge in [0.05, 0.1) is 0 Å². The number of hydrogen-bond donors (Lipinski definition) is 1.